The van der Waals surface area contributed by atoms with E-state index in [-0.39, 0.29) is 11.8 Å². The zero-order chi connectivity index (χ0) is 7.84. The minimum absolute atomic E-state index is 0.0139. The molecule has 0 amide bonds. The van der Waals surface area contributed by atoms with Crippen LogP contribution in [0.3, 0.4) is 0 Å². The molecule has 0 heterocycles. The van der Waals surface area contributed by atoms with Gasteiger partial charge in [-0.1, -0.05) is 11.6 Å². The summed E-state index contributed by atoms with van der Waals surface area (Å²) in [4.78, 5) is 0. The first-order valence-corrected chi connectivity index (χ1v) is 3.85. The molecule has 3 atom stereocenters. The lowest BCUT2D eigenvalue weighted by molar-refractivity contribution is 0.436. The van der Waals surface area contributed by atoms with Crippen molar-refractivity contribution in [3.8, 4) is 12.1 Å². The minimum atomic E-state index is -0.0845. The van der Waals surface area contributed by atoms with Gasteiger partial charge in [0.1, 0.15) is 0 Å². The largest absolute Gasteiger partial charge is 0.198 e. The van der Waals surface area contributed by atoms with Crippen LogP contribution in [0.2, 0.25) is 0 Å². The Labute approximate surface area is 65.7 Å². The van der Waals surface area contributed by atoms with Crippen LogP contribution in [-0.2, 0) is 0 Å². The maximum atomic E-state index is 8.76. The molecule has 0 N–H and O–H groups in total. The number of nitrogens with zero attached hydrogens (tertiary/aromatic N) is 2. The highest BCUT2D eigenvalue weighted by molar-refractivity contribution is 5.31. The van der Waals surface area contributed by atoms with Crippen molar-refractivity contribution in [2.24, 2.45) is 17.8 Å². The van der Waals surface area contributed by atoms with Gasteiger partial charge in [-0.15, -0.1) is 0 Å². The predicted molar refractivity (Wildman–Crippen MR) is 39.0 cm³/mol. The van der Waals surface area contributed by atoms with Gasteiger partial charge in [0.05, 0.1) is 24.0 Å². The third kappa shape index (κ3) is 0.700. The number of hydrogen-bond donors (Lipinski definition) is 0. The molecule has 2 heteroatoms. The molecule has 0 spiro atoms. The van der Waals surface area contributed by atoms with E-state index >= 15 is 0 Å². The van der Waals surface area contributed by atoms with Gasteiger partial charge in [-0.05, 0) is 18.8 Å². The van der Waals surface area contributed by atoms with E-state index in [1.165, 1.54) is 5.57 Å². The summed E-state index contributed by atoms with van der Waals surface area (Å²) in [7, 11) is 0. The molecule has 0 aromatic heterocycles. The van der Waals surface area contributed by atoms with Gasteiger partial charge in [-0.25, -0.2) is 0 Å². The Balaban J connectivity index is 2.34. The van der Waals surface area contributed by atoms with Gasteiger partial charge in [0.25, 0.3) is 0 Å². The van der Waals surface area contributed by atoms with Gasteiger partial charge in [-0.3, -0.25) is 0 Å². The molecule has 2 bridgehead atoms. The second kappa shape index (κ2) is 2.10. The van der Waals surface area contributed by atoms with E-state index < -0.39 is 0 Å². The fraction of sp³-hybridized carbons (Fsp3) is 0.556. The van der Waals surface area contributed by atoms with Crippen molar-refractivity contribution in [3.63, 3.8) is 0 Å². The fourth-order valence-corrected chi connectivity index (χ4v) is 2.15. The lowest BCUT2D eigenvalue weighted by Gasteiger charge is -2.14. The molecule has 0 aromatic rings. The first-order valence-electron chi connectivity index (χ1n) is 3.85. The molecule has 0 saturated heterocycles. The van der Waals surface area contributed by atoms with Crippen LogP contribution in [0.4, 0.5) is 0 Å². The molecule has 0 aliphatic heterocycles. The van der Waals surface area contributed by atoms with E-state index in [1.807, 2.05) is 0 Å². The lowest BCUT2D eigenvalue weighted by Crippen LogP contribution is -2.14. The van der Waals surface area contributed by atoms with Crippen LogP contribution < -0.4 is 0 Å². The monoisotopic (exact) mass is 144 g/mol. The Morgan fingerprint density at radius 1 is 1.36 bits per heavy atom. The average Bonchev–Trinajstić information content (AvgIpc) is 2.60. The Bertz CT molecular complexity index is 290. The van der Waals surface area contributed by atoms with Crippen LogP contribution in [0, 0.1) is 40.4 Å². The van der Waals surface area contributed by atoms with Crippen molar-refractivity contribution in [2.75, 3.05) is 0 Å². The highest BCUT2D eigenvalue weighted by Gasteiger charge is 2.42. The highest BCUT2D eigenvalue weighted by atomic mass is 14.5. The molecule has 1 saturated carbocycles. The molecular formula is C9H8N2. The van der Waals surface area contributed by atoms with Crippen molar-refractivity contribution in [1.82, 2.24) is 0 Å². The van der Waals surface area contributed by atoms with Gasteiger partial charge in [0, 0.05) is 0 Å². The van der Waals surface area contributed by atoms with Gasteiger partial charge < -0.3 is 0 Å². The summed E-state index contributed by atoms with van der Waals surface area (Å²) >= 11 is 0. The molecule has 54 valence electrons. The lowest BCUT2D eigenvalue weighted by atomic mass is 9.86. The molecule has 2 nitrogen and oxygen atoms in total. The maximum absolute atomic E-state index is 8.76. The van der Waals surface area contributed by atoms with Crippen LogP contribution in [-0.4, -0.2) is 0 Å². The molecule has 0 radical (unpaired) electrons. The van der Waals surface area contributed by atoms with Crippen LogP contribution >= 0.6 is 0 Å². The van der Waals surface area contributed by atoms with E-state index in [9.17, 15) is 0 Å². The topological polar surface area (TPSA) is 47.6 Å². The van der Waals surface area contributed by atoms with E-state index in [4.69, 9.17) is 10.5 Å². The van der Waals surface area contributed by atoms with Crippen molar-refractivity contribution in [2.45, 2.75) is 12.8 Å². The third-order valence-electron chi connectivity index (χ3n) is 2.74. The molecule has 3 unspecified atom stereocenters. The van der Waals surface area contributed by atoms with Gasteiger partial charge in [-0.2, -0.15) is 10.5 Å². The van der Waals surface area contributed by atoms with E-state index in [2.05, 4.69) is 18.2 Å². The first-order chi connectivity index (χ1) is 5.36. The number of rotatable bonds is 0. The third-order valence-corrected chi connectivity index (χ3v) is 2.74. The number of hydrogen-bond acceptors (Lipinski definition) is 2. The van der Waals surface area contributed by atoms with Crippen LogP contribution in [0.25, 0.3) is 0 Å². The second-order valence-corrected chi connectivity index (χ2v) is 3.24. The Morgan fingerprint density at radius 2 is 2.18 bits per heavy atom. The van der Waals surface area contributed by atoms with Crippen molar-refractivity contribution >= 4 is 0 Å². The Hall–Kier alpha value is -1.28. The van der Waals surface area contributed by atoms with E-state index in [0.29, 0.717) is 5.92 Å². The summed E-state index contributed by atoms with van der Waals surface area (Å²) < 4.78 is 0. The molecule has 1 fully saturated rings. The second-order valence-electron chi connectivity index (χ2n) is 3.24. The quantitative estimate of drug-likeness (QED) is 0.485. The normalized spacial score (nSPS) is 39.5. The summed E-state index contributed by atoms with van der Waals surface area (Å²) in [6.07, 6.45) is 4.15. The number of allylic oxidation sites excluding steroid dienone is 2. The molecular weight excluding hydrogens is 136 g/mol. The predicted octanol–water partition coefficient (Wildman–Crippen LogP) is 1.62. The zero-order valence-electron chi connectivity index (χ0n) is 6.12. The summed E-state index contributed by atoms with van der Waals surface area (Å²) in [5, 5.41) is 17.5. The maximum Gasteiger partial charge on any atom is 0.0833 e. The number of fused-ring (bicyclic) bond motifs is 2. The summed E-state index contributed by atoms with van der Waals surface area (Å²) in [5.41, 5.74) is 1.21. The Kier molecular flexibility index (Phi) is 1.23. The average molecular weight is 144 g/mol. The Morgan fingerprint density at radius 3 is 2.73 bits per heavy atom. The minimum Gasteiger partial charge on any atom is -0.198 e. The van der Waals surface area contributed by atoms with Crippen molar-refractivity contribution < 1.29 is 0 Å². The number of nitriles is 2. The van der Waals surface area contributed by atoms with Gasteiger partial charge in [0.2, 0.25) is 0 Å². The molecule has 11 heavy (non-hydrogen) atoms. The van der Waals surface area contributed by atoms with E-state index in [0.717, 1.165) is 12.8 Å². The SMILES string of the molecule is N#CC1C2=CCC(C2)C1C#N. The van der Waals surface area contributed by atoms with Crippen LogP contribution in [0.5, 0.6) is 0 Å². The van der Waals surface area contributed by atoms with Crippen molar-refractivity contribution in [1.29, 1.82) is 10.5 Å². The van der Waals surface area contributed by atoms with E-state index in [1.54, 1.807) is 0 Å². The van der Waals surface area contributed by atoms with Gasteiger partial charge >= 0.3 is 0 Å². The summed E-state index contributed by atoms with van der Waals surface area (Å²) in [6, 6.07) is 4.44. The molecule has 2 rings (SSSR count). The summed E-state index contributed by atoms with van der Waals surface area (Å²) in [6.45, 7) is 0. The van der Waals surface area contributed by atoms with Crippen LogP contribution in [0.1, 0.15) is 12.8 Å². The van der Waals surface area contributed by atoms with Gasteiger partial charge in [0.15, 0.2) is 0 Å². The first kappa shape index (κ1) is 6.43. The highest BCUT2D eigenvalue weighted by Crippen LogP contribution is 2.47. The fourth-order valence-electron chi connectivity index (χ4n) is 2.15. The molecule has 2 aliphatic carbocycles. The molecule has 0 aromatic carbocycles. The standard InChI is InChI=1S/C9H8N2/c10-4-8-6-1-2-7(3-6)9(8)5-11/h1,7-9H,2-3H2. The van der Waals surface area contributed by atoms with Crippen LogP contribution in [0.15, 0.2) is 11.6 Å². The summed E-state index contributed by atoms with van der Waals surface area (Å²) in [5.74, 6) is 0.360. The zero-order valence-corrected chi connectivity index (χ0v) is 6.12. The van der Waals surface area contributed by atoms with Crippen molar-refractivity contribution in [3.05, 3.63) is 11.6 Å². The smallest absolute Gasteiger partial charge is 0.0833 e. The molecule has 2 aliphatic rings.